The van der Waals surface area contributed by atoms with Gasteiger partial charge in [0.25, 0.3) is 0 Å². The third-order valence-corrected chi connectivity index (χ3v) is 2.57. The number of aliphatic hydroxyl groups excluding tert-OH is 1. The molecular weight excluding hydrogens is 230 g/mol. The Morgan fingerprint density at radius 3 is 2.61 bits per heavy atom. The number of aliphatic hydroxyl groups is 1. The Bertz CT molecular complexity index is 313. The fraction of sp³-hybridized carbons (Fsp3) is 0.571. The summed E-state index contributed by atoms with van der Waals surface area (Å²) in [6.45, 7) is 4.77. The fourth-order valence-electron chi connectivity index (χ4n) is 1.51. The number of ether oxygens (including phenoxy) is 2. The average molecular weight is 253 g/mol. The second kappa shape index (κ2) is 9.05. The van der Waals surface area contributed by atoms with Crippen molar-refractivity contribution in [3.8, 4) is 0 Å². The molecule has 0 aliphatic rings. The molecule has 4 nitrogen and oxygen atoms in total. The molecule has 0 aliphatic carbocycles. The van der Waals surface area contributed by atoms with Gasteiger partial charge in [-0.25, -0.2) is 0 Å². The first-order valence-electron chi connectivity index (χ1n) is 6.23. The Morgan fingerprint density at radius 2 is 1.94 bits per heavy atom. The van der Waals surface area contributed by atoms with Crippen LogP contribution in [0, 0.1) is 6.92 Å². The van der Waals surface area contributed by atoms with Crippen LogP contribution in [0.2, 0.25) is 0 Å². The second-order valence-electron chi connectivity index (χ2n) is 4.34. The quantitative estimate of drug-likeness (QED) is 0.647. The van der Waals surface area contributed by atoms with Crippen LogP contribution in [-0.4, -0.2) is 44.7 Å². The van der Waals surface area contributed by atoms with Crippen LogP contribution in [0.25, 0.3) is 0 Å². The lowest BCUT2D eigenvalue weighted by atomic mass is 10.1. The van der Waals surface area contributed by atoms with Crippen molar-refractivity contribution in [2.24, 2.45) is 0 Å². The van der Waals surface area contributed by atoms with Crippen molar-refractivity contribution in [1.82, 2.24) is 5.32 Å². The van der Waals surface area contributed by atoms with Crippen LogP contribution in [0.3, 0.4) is 0 Å². The Hall–Kier alpha value is -0.940. The van der Waals surface area contributed by atoms with Crippen LogP contribution in [0.5, 0.6) is 0 Å². The first-order valence-corrected chi connectivity index (χ1v) is 6.23. The van der Waals surface area contributed by atoms with Gasteiger partial charge < -0.3 is 19.9 Å². The zero-order valence-corrected chi connectivity index (χ0v) is 11.2. The van der Waals surface area contributed by atoms with Crippen LogP contribution in [0.1, 0.15) is 11.1 Å². The molecule has 4 heteroatoms. The number of methoxy groups -OCH3 is 1. The van der Waals surface area contributed by atoms with Gasteiger partial charge in [0.15, 0.2) is 0 Å². The van der Waals surface area contributed by atoms with Crippen LogP contribution in [0.15, 0.2) is 24.3 Å². The van der Waals surface area contributed by atoms with E-state index in [1.54, 1.807) is 7.11 Å². The van der Waals surface area contributed by atoms with E-state index in [0.29, 0.717) is 26.4 Å². The number of rotatable bonds is 9. The molecule has 0 radical (unpaired) electrons. The molecule has 0 aromatic heterocycles. The molecule has 1 unspecified atom stereocenters. The molecule has 1 rings (SSSR count). The number of nitrogens with one attached hydrogen (secondary N) is 1. The molecule has 18 heavy (non-hydrogen) atoms. The van der Waals surface area contributed by atoms with Crippen molar-refractivity contribution in [3.05, 3.63) is 35.4 Å². The summed E-state index contributed by atoms with van der Waals surface area (Å²) >= 11 is 0. The van der Waals surface area contributed by atoms with Crippen molar-refractivity contribution in [1.29, 1.82) is 0 Å². The van der Waals surface area contributed by atoms with Gasteiger partial charge in [0, 0.05) is 20.2 Å². The lowest BCUT2D eigenvalue weighted by Gasteiger charge is -2.12. The fourth-order valence-corrected chi connectivity index (χ4v) is 1.51. The molecule has 0 heterocycles. The van der Waals surface area contributed by atoms with Gasteiger partial charge in [-0.05, 0) is 12.5 Å². The molecule has 0 saturated carbocycles. The minimum absolute atomic E-state index is 0.338. The first kappa shape index (κ1) is 15.1. The van der Waals surface area contributed by atoms with E-state index in [1.807, 2.05) is 0 Å². The Morgan fingerprint density at radius 1 is 1.22 bits per heavy atom. The van der Waals surface area contributed by atoms with E-state index in [2.05, 4.69) is 36.5 Å². The topological polar surface area (TPSA) is 50.7 Å². The molecule has 0 amide bonds. The number of hydrogen-bond donors (Lipinski definition) is 2. The van der Waals surface area contributed by atoms with Gasteiger partial charge in [-0.3, -0.25) is 0 Å². The molecular formula is C14H23NO3. The van der Waals surface area contributed by atoms with Crippen LogP contribution in [-0.2, 0) is 16.0 Å². The van der Waals surface area contributed by atoms with Crippen molar-refractivity contribution < 1.29 is 14.6 Å². The number of aryl methyl sites for hydroxylation is 1. The molecule has 1 aromatic carbocycles. The van der Waals surface area contributed by atoms with Crippen LogP contribution < -0.4 is 5.32 Å². The van der Waals surface area contributed by atoms with Gasteiger partial charge in [-0.1, -0.05) is 29.8 Å². The second-order valence-corrected chi connectivity index (χ2v) is 4.34. The molecule has 0 spiro atoms. The maximum atomic E-state index is 9.64. The summed E-state index contributed by atoms with van der Waals surface area (Å²) in [6, 6.07) is 8.34. The van der Waals surface area contributed by atoms with E-state index in [1.165, 1.54) is 11.1 Å². The molecule has 2 N–H and O–H groups in total. The molecule has 0 bridgehead atoms. The predicted octanol–water partition coefficient (Wildman–Crippen LogP) is 1.11. The van der Waals surface area contributed by atoms with E-state index in [0.717, 1.165) is 6.54 Å². The summed E-state index contributed by atoms with van der Waals surface area (Å²) < 4.78 is 10.1. The summed E-state index contributed by atoms with van der Waals surface area (Å²) in [5.74, 6) is 0. The molecule has 0 fully saturated rings. The first-order chi connectivity index (χ1) is 8.72. The highest BCUT2D eigenvalue weighted by atomic mass is 16.5. The number of benzene rings is 1. The van der Waals surface area contributed by atoms with E-state index in [9.17, 15) is 5.11 Å². The van der Waals surface area contributed by atoms with Crippen molar-refractivity contribution in [3.63, 3.8) is 0 Å². The molecule has 1 aromatic rings. The monoisotopic (exact) mass is 253 g/mol. The van der Waals surface area contributed by atoms with E-state index in [4.69, 9.17) is 9.47 Å². The van der Waals surface area contributed by atoms with Gasteiger partial charge in [-0.2, -0.15) is 0 Å². The molecule has 1 atom stereocenters. The summed E-state index contributed by atoms with van der Waals surface area (Å²) in [4.78, 5) is 0. The average Bonchev–Trinajstić information content (AvgIpc) is 2.37. The SMILES string of the molecule is COCCOCC(O)CNCc1ccc(C)cc1. The summed E-state index contributed by atoms with van der Waals surface area (Å²) in [5.41, 5.74) is 2.47. The molecule has 0 aliphatic heterocycles. The van der Waals surface area contributed by atoms with Gasteiger partial charge in [0.2, 0.25) is 0 Å². The zero-order chi connectivity index (χ0) is 13.2. The standard InChI is InChI=1S/C14H23NO3/c1-12-3-5-13(6-4-12)9-15-10-14(16)11-18-8-7-17-2/h3-6,14-16H,7-11H2,1-2H3. The van der Waals surface area contributed by atoms with Crippen molar-refractivity contribution >= 4 is 0 Å². The van der Waals surface area contributed by atoms with Gasteiger partial charge in [-0.15, -0.1) is 0 Å². The van der Waals surface area contributed by atoms with E-state index in [-0.39, 0.29) is 0 Å². The lowest BCUT2D eigenvalue weighted by molar-refractivity contribution is 0.0137. The summed E-state index contributed by atoms with van der Waals surface area (Å²) in [5, 5.41) is 12.8. The van der Waals surface area contributed by atoms with E-state index >= 15 is 0 Å². The molecule has 102 valence electrons. The normalized spacial score (nSPS) is 12.6. The predicted molar refractivity (Wildman–Crippen MR) is 71.6 cm³/mol. The van der Waals surface area contributed by atoms with Crippen LogP contribution in [0.4, 0.5) is 0 Å². The van der Waals surface area contributed by atoms with Gasteiger partial charge >= 0.3 is 0 Å². The lowest BCUT2D eigenvalue weighted by Crippen LogP contribution is -2.30. The minimum Gasteiger partial charge on any atom is -0.389 e. The summed E-state index contributed by atoms with van der Waals surface area (Å²) in [6.07, 6.45) is -0.479. The minimum atomic E-state index is -0.479. The maximum absolute atomic E-state index is 9.64. The number of hydrogen-bond acceptors (Lipinski definition) is 4. The third-order valence-electron chi connectivity index (χ3n) is 2.57. The van der Waals surface area contributed by atoms with Crippen LogP contribution >= 0.6 is 0 Å². The summed E-state index contributed by atoms with van der Waals surface area (Å²) in [7, 11) is 1.63. The highest BCUT2D eigenvalue weighted by molar-refractivity contribution is 5.20. The third kappa shape index (κ3) is 6.71. The highest BCUT2D eigenvalue weighted by Gasteiger charge is 2.03. The zero-order valence-electron chi connectivity index (χ0n) is 11.2. The smallest absolute Gasteiger partial charge is 0.0897 e. The molecule has 0 saturated heterocycles. The Kier molecular flexibility index (Phi) is 7.60. The maximum Gasteiger partial charge on any atom is 0.0897 e. The van der Waals surface area contributed by atoms with Gasteiger partial charge in [0.05, 0.1) is 25.9 Å². The highest BCUT2D eigenvalue weighted by Crippen LogP contribution is 2.02. The van der Waals surface area contributed by atoms with Crippen molar-refractivity contribution in [2.75, 3.05) is 33.5 Å². The van der Waals surface area contributed by atoms with Crippen molar-refractivity contribution in [2.45, 2.75) is 19.6 Å². The Balaban J connectivity index is 2.07. The largest absolute Gasteiger partial charge is 0.389 e. The Labute approximate surface area is 109 Å². The van der Waals surface area contributed by atoms with Gasteiger partial charge in [0.1, 0.15) is 0 Å². The van der Waals surface area contributed by atoms with E-state index < -0.39 is 6.10 Å².